The molecule has 0 amide bonds. The standard InChI is InChI=1S/C3H6N2O2S/c6-8(7)5-2-1-4-3-5/h1-2,4H,3H2,(H,6,7)/p-1. The Morgan fingerprint density at radius 3 is 2.88 bits per heavy atom. The van der Waals surface area contributed by atoms with Crippen molar-refractivity contribution in [2.45, 2.75) is 0 Å². The highest BCUT2D eigenvalue weighted by Gasteiger charge is 2.00. The van der Waals surface area contributed by atoms with E-state index in [1.54, 1.807) is 6.20 Å². The fourth-order valence-electron chi connectivity index (χ4n) is 0.434. The first-order valence-corrected chi connectivity index (χ1v) is 3.10. The van der Waals surface area contributed by atoms with Crippen LogP contribution >= 0.6 is 0 Å². The quantitative estimate of drug-likeness (QED) is 0.472. The lowest BCUT2D eigenvalue weighted by atomic mass is 11.0. The third kappa shape index (κ3) is 0.988. The van der Waals surface area contributed by atoms with Gasteiger partial charge in [-0.05, 0) is 0 Å². The second-order valence-electron chi connectivity index (χ2n) is 1.31. The SMILES string of the molecule is O=S([O-])N1C=CNC1. The lowest BCUT2D eigenvalue weighted by Gasteiger charge is -2.15. The number of nitrogens with one attached hydrogen (secondary N) is 1. The second kappa shape index (κ2) is 2.15. The van der Waals surface area contributed by atoms with Gasteiger partial charge >= 0.3 is 0 Å². The summed E-state index contributed by atoms with van der Waals surface area (Å²) < 4.78 is 21.2. The minimum Gasteiger partial charge on any atom is -0.755 e. The Hall–Kier alpha value is -0.550. The van der Waals surface area contributed by atoms with E-state index >= 15 is 0 Å². The average Bonchev–Trinajstić information content (AvgIpc) is 2.12. The van der Waals surface area contributed by atoms with Crippen LogP contribution in [0.5, 0.6) is 0 Å². The van der Waals surface area contributed by atoms with E-state index in [9.17, 15) is 8.76 Å². The fraction of sp³-hybridized carbons (Fsp3) is 0.333. The van der Waals surface area contributed by atoms with Crippen molar-refractivity contribution in [3.8, 4) is 0 Å². The van der Waals surface area contributed by atoms with Gasteiger partial charge in [0.05, 0.1) is 6.67 Å². The van der Waals surface area contributed by atoms with E-state index in [-0.39, 0.29) is 0 Å². The lowest BCUT2D eigenvalue weighted by molar-refractivity contribution is 0.462. The van der Waals surface area contributed by atoms with Crippen LogP contribution in [0.25, 0.3) is 0 Å². The summed E-state index contributed by atoms with van der Waals surface area (Å²) in [4.78, 5) is 0. The van der Waals surface area contributed by atoms with E-state index in [1.165, 1.54) is 6.20 Å². The largest absolute Gasteiger partial charge is 0.755 e. The molecule has 1 unspecified atom stereocenters. The molecule has 0 saturated heterocycles. The summed E-state index contributed by atoms with van der Waals surface area (Å²) in [6.07, 6.45) is 3.04. The molecule has 0 aromatic carbocycles. The van der Waals surface area contributed by atoms with Crippen LogP contribution in [0.2, 0.25) is 0 Å². The summed E-state index contributed by atoms with van der Waals surface area (Å²) in [5.74, 6) is 0. The summed E-state index contributed by atoms with van der Waals surface area (Å²) in [6, 6.07) is 0. The van der Waals surface area contributed by atoms with Crippen molar-refractivity contribution in [1.82, 2.24) is 9.62 Å². The van der Waals surface area contributed by atoms with E-state index in [1.807, 2.05) is 0 Å². The topological polar surface area (TPSA) is 55.4 Å². The molecular formula is C3H5N2O2S-. The molecule has 0 bridgehead atoms. The highest BCUT2D eigenvalue weighted by atomic mass is 32.2. The third-order valence-electron chi connectivity index (χ3n) is 0.797. The van der Waals surface area contributed by atoms with Gasteiger partial charge in [-0.25, -0.2) is 0 Å². The summed E-state index contributed by atoms with van der Waals surface area (Å²) in [5.41, 5.74) is 0. The van der Waals surface area contributed by atoms with Gasteiger partial charge in [0.2, 0.25) is 0 Å². The van der Waals surface area contributed by atoms with Gasteiger partial charge in [-0.2, -0.15) is 0 Å². The maximum atomic E-state index is 10.0. The van der Waals surface area contributed by atoms with Crippen molar-refractivity contribution in [3.63, 3.8) is 0 Å². The van der Waals surface area contributed by atoms with Crippen LogP contribution in [-0.4, -0.2) is 19.7 Å². The van der Waals surface area contributed by atoms with Gasteiger partial charge in [-0.1, -0.05) is 0 Å². The van der Waals surface area contributed by atoms with Crippen LogP contribution < -0.4 is 5.32 Å². The fourth-order valence-corrected chi connectivity index (χ4v) is 0.774. The van der Waals surface area contributed by atoms with Gasteiger partial charge < -0.3 is 9.87 Å². The van der Waals surface area contributed by atoms with Crippen molar-refractivity contribution in [1.29, 1.82) is 0 Å². The maximum Gasteiger partial charge on any atom is 0.0987 e. The summed E-state index contributed by atoms with van der Waals surface area (Å²) >= 11 is -2.11. The van der Waals surface area contributed by atoms with Gasteiger partial charge in [-0.15, -0.1) is 0 Å². The molecular weight excluding hydrogens is 128 g/mol. The summed E-state index contributed by atoms with van der Waals surface area (Å²) in [5, 5.41) is 2.71. The first kappa shape index (κ1) is 5.58. The molecule has 1 atom stereocenters. The van der Waals surface area contributed by atoms with E-state index in [0.29, 0.717) is 6.67 Å². The Kier molecular flexibility index (Phi) is 1.50. The smallest absolute Gasteiger partial charge is 0.0987 e. The molecule has 1 rings (SSSR count). The van der Waals surface area contributed by atoms with Crippen LogP contribution in [0.15, 0.2) is 12.4 Å². The molecule has 0 aliphatic carbocycles. The zero-order chi connectivity index (χ0) is 5.98. The van der Waals surface area contributed by atoms with Gasteiger partial charge in [0.15, 0.2) is 0 Å². The number of nitrogens with zero attached hydrogens (tertiary/aromatic N) is 1. The van der Waals surface area contributed by atoms with Gasteiger partial charge in [0, 0.05) is 23.7 Å². The number of hydrogen-bond acceptors (Lipinski definition) is 3. The van der Waals surface area contributed by atoms with E-state index in [0.717, 1.165) is 4.31 Å². The first-order valence-electron chi connectivity index (χ1n) is 2.07. The van der Waals surface area contributed by atoms with Crippen LogP contribution in [0.3, 0.4) is 0 Å². The second-order valence-corrected chi connectivity index (χ2v) is 2.22. The Bertz CT molecular complexity index is 135. The molecule has 1 aliphatic heterocycles. The van der Waals surface area contributed by atoms with Crippen LogP contribution in [0.4, 0.5) is 0 Å². The van der Waals surface area contributed by atoms with Gasteiger partial charge in [0.1, 0.15) is 0 Å². The highest BCUT2D eigenvalue weighted by Crippen LogP contribution is 1.94. The molecule has 1 heterocycles. The van der Waals surface area contributed by atoms with Gasteiger partial charge in [0.25, 0.3) is 0 Å². The molecule has 8 heavy (non-hydrogen) atoms. The monoisotopic (exact) mass is 133 g/mol. The molecule has 0 radical (unpaired) electrons. The maximum absolute atomic E-state index is 10.0. The molecule has 0 spiro atoms. The third-order valence-corrected chi connectivity index (χ3v) is 1.43. The van der Waals surface area contributed by atoms with Crippen LogP contribution in [-0.2, 0) is 11.3 Å². The normalized spacial score (nSPS) is 20.9. The number of hydrogen-bond donors (Lipinski definition) is 1. The van der Waals surface area contributed by atoms with E-state index in [2.05, 4.69) is 5.32 Å². The van der Waals surface area contributed by atoms with Crippen LogP contribution in [0.1, 0.15) is 0 Å². The van der Waals surface area contributed by atoms with Crippen molar-refractivity contribution in [2.75, 3.05) is 6.67 Å². The van der Waals surface area contributed by atoms with Crippen molar-refractivity contribution >= 4 is 11.3 Å². The minimum absolute atomic E-state index is 0.357. The summed E-state index contributed by atoms with van der Waals surface area (Å²) in [7, 11) is 0. The van der Waals surface area contributed by atoms with Gasteiger partial charge in [-0.3, -0.25) is 8.51 Å². The number of rotatable bonds is 1. The molecule has 0 fully saturated rings. The van der Waals surface area contributed by atoms with E-state index < -0.39 is 11.3 Å². The Balaban J connectivity index is 2.48. The molecule has 1 N–H and O–H groups in total. The Morgan fingerprint density at radius 2 is 2.62 bits per heavy atom. The Morgan fingerprint density at radius 1 is 1.88 bits per heavy atom. The molecule has 0 saturated carbocycles. The molecule has 0 aromatic heterocycles. The van der Waals surface area contributed by atoms with E-state index in [4.69, 9.17) is 0 Å². The zero-order valence-electron chi connectivity index (χ0n) is 4.03. The average molecular weight is 133 g/mol. The molecule has 1 aliphatic rings. The van der Waals surface area contributed by atoms with Crippen molar-refractivity contribution < 1.29 is 8.76 Å². The van der Waals surface area contributed by atoms with Crippen LogP contribution in [0, 0.1) is 0 Å². The predicted molar refractivity (Wildman–Crippen MR) is 27.9 cm³/mol. The van der Waals surface area contributed by atoms with Crippen molar-refractivity contribution in [3.05, 3.63) is 12.4 Å². The molecule has 0 aromatic rings. The predicted octanol–water partition coefficient (Wildman–Crippen LogP) is -0.886. The highest BCUT2D eigenvalue weighted by molar-refractivity contribution is 7.76. The molecule has 46 valence electrons. The lowest BCUT2D eigenvalue weighted by Crippen LogP contribution is -2.22. The molecule has 4 nitrogen and oxygen atoms in total. The Labute approximate surface area is 49.6 Å². The molecule has 5 heteroatoms. The van der Waals surface area contributed by atoms with Crippen molar-refractivity contribution in [2.24, 2.45) is 0 Å². The first-order chi connectivity index (χ1) is 3.80. The zero-order valence-corrected chi connectivity index (χ0v) is 4.85. The minimum atomic E-state index is -2.11. The summed E-state index contributed by atoms with van der Waals surface area (Å²) in [6.45, 7) is 0.357.